The maximum Gasteiger partial charge on any atom is 0.125 e. The molecule has 2 aromatic rings. The molecule has 0 aliphatic carbocycles. The Morgan fingerprint density at radius 1 is 1.16 bits per heavy atom. The number of halogens is 1. The van der Waals surface area contributed by atoms with Crippen molar-refractivity contribution in [2.75, 3.05) is 6.61 Å². The van der Waals surface area contributed by atoms with Crippen molar-refractivity contribution in [3.05, 3.63) is 64.1 Å². The van der Waals surface area contributed by atoms with Gasteiger partial charge in [0.25, 0.3) is 0 Å². The van der Waals surface area contributed by atoms with Crippen LogP contribution in [-0.2, 0) is 6.42 Å². The van der Waals surface area contributed by atoms with Crippen LogP contribution >= 0.6 is 15.9 Å². The number of aliphatic hydroxyl groups excluding tert-OH is 1. The molecule has 0 aromatic heterocycles. The Hall–Kier alpha value is -1.32. The number of rotatable bonds is 2. The van der Waals surface area contributed by atoms with E-state index in [9.17, 15) is 5.11 Å². The zero-order chi connectivity index (χ0) is 13.2. The molecule has 1 heterocycles. The van der Waals surface area contributed by atoms with Crippen molar-refractivity contribution in [1.82, 2.24) is 0 Å². The maximum absolute atomic E-state index is 10.5. The summed E-state index contributed by atoms with van der Waals surface area (Å²) >= 11 is 3.44. The summed E-state index contributed by atoms with van der Waals surface area (Å²) in [4.78, 5) is 0. The standard InChI is InChI=1S/C16H15BrO2/c17-13-6-7-15-14(9-13)16(18)12(10-19-15)8-11-4-2-1-3-5-11/h1-7,9,12,16,18H,8,10H2. The molecule has 0 spiro atoms. The summed E-state index contributed by atoms with van der Waals surface area (Å²) in [6, 6.07) is 16.0. The summed E-state index contributed by atoms with van der Waals surface area (Å²) in [5, 5.41) is 10.5. The summed E-state index contributed by atoms with van der Waals surface area (Å²) in [5.74, 6) is 0.893. The largest absolute Gasteiger partial charge is 0.493 e. The summed E-state index contributed by atoms with van der Waals surface area (Å²) in [7, 11) is 0. The third kappa shape index (κ3) is 2.67. The number of hydrogen-bond donors (Lipinski definition) is 1. The molecular formula is C16H15BrO2. The van der Waals surface area contributed by atoms with Crippen LogP contribution in [0.2, 0.25) is 0 Å². The van der Waals surface area contributed by atoms with Crippen molar-refractivity contribution < 1.29 is 9.84 Å². The maximum atomic E-state index is 10.5. The van der Waals surface area contributed by atoms with Crippen LogP contribution in [0.1, 0.15) is 17.2 Å². The number of aliphatic hydroxyl groups is 1. The van der Waals surface area contributed by atoms with Crippen LogP contribution in [0.25, 0.3) is 0 Å². The topological polar surface area (TPSA) is 29.5 Å². The Morgan fingerprint density at radius 3 is 2.74 bits per heavy atom. The van der Waals surface area contributed by atoms with Gasteiger partial charge in [-0.05, 0) is 30.2 Å². The molecule has 1 aliphatic rings. The molecule has 0 bridgehead atoms. The van der Waals surface area contributed by atoms with E-state index in [0.29, 0.717) is 6.61 Å². The van der Waals surface area contributed by atoms with E-state index in [-0.39, 0.29) is 5.92 Å². The average Bonchev–Trinajstić information content (AvgIpc) is 2.44. The van der Waals surface area contributed by atoms with Crippen LogP contribution in [0.15, 0.2) is 53.0 Å². The minimum atomic E-state index is -0.471. The van der Waals surface area contributed by atoms with Crippen LogP contribution in [-0.4, -0.2) is 11.7 Å². The predicted molar refractivity (Wildman–Crippen MR) is 78.2 cm³/mol. The molecule has 0 amide bonds. The Kier molecular flexibility index (Phi) is 3.58. The van der Waals surface area contributed by atoms with E-state index < -0.39 is 6.10 Å². The minimum absolute atomic E-state index is 0.101. The zero-order valence-corrected chi connectivity index (χ0v) is 12.0. The highest BCUT2D eigenvalue weighted by molar-refractivity contribution is 9.10. The predicted octanol–water partition coefficient (Wildman–Crippen LogP) is 3.73. The van der Waals surface area contributed by atoms with Gasteiger partial charge in [0.1, 0.15) is 5.75 Å². The first-order valence-electron chi connectivity index (χ1n) is 6.38. The third-order valence-corrected chi connectivity index (χ3v) is 4.02. The number of hydrogen-bond acceptors (Lipinski definition) is 2. The molecule has 2 aromatic carbocycles. The molecule has 0 saturated heterocycles. The average molecular weight is 319 g/mol. The normalized spacial score (nSPS) is 21.6. The van der Waals surface area contributed by atoms with Crippen molar-refractivity contribution in [2.45, 2.75) is 12.5 Å². The van der Waals surface area contributed by atoms with Gasteiger partial charge < -0.3 is 9.84 Å². The molecule has 0 radical (unpaired) electrons. The van der Waals surface area contributed by atoms with Crippen LogP contribution in [0.5, 0.6) is 5.75 Å². The van der Waals surface area contributed by atoms with Crippen molar-refractivity contribution in [3.8, 4) is 5.75 Å². The highest BCUT2D eigenvalue weighted by Crippen LogP contribution is 2.38. The van der Waals surface area contributed by atoms with Crippen LogP contribution < -0.4 is 4.74 Å². The molecule has 0 saturated carbocycles. The van der Waals surface area contributed by atoms with Gasteiger partial charge in [-0.2, -0.15) is 0 Å². The first-order chi connectivity index (χ1) is 9.24. The lowest BCUT2D eigenvalue weighted by Crippen LogP contribution is -2.27. The fourth-order valence-electron chi connectivity index (χ4n) is 2.51. The van der Waals surface area contributed by atoms with E-state index in [1.807, 2.05) is 36.4 Å². The SMILES string of the molecule is OC1c2cc(Br)ccc2OCC1Cc1ccccc1. The van der Waals surface area contributed by atoms with E-state index in [1.165, 1.54) is 5.56 Å². The first-order valence-corrected chi connectivity index (χ1v) is 7.17. The third-order valence-electron chi connectivity index (χ3n) is 3.53. The molecule has 3 heteroatoms. The molecule has 2 unspecified atom stereocenters. The van der Waals surface area contributed by atoms with Crippen LogP contribution in [0.4, 0.5) is 0 Å². The second-order valence-electron chi connectivity index (χ2n) is 4.89. The fraction of sp³-hybridized carbons (Fsp3) is 0.250. The van der Waals surface area contributed by atoms with Crippen LogP contribution in [0.3, 0.4) is 0 Å². The zero-order valence-electron chi connectivity index (χ0n) is 10.4. The van der Waals surface area contributed by atoms with Crippen molar-refractivity contribution in [1.29, 1.82) is 0 Å². The van der Waals surface area contributed by atoms with Gasteiger partial charge in [-0.15, -0.1) is 0 Å². The Labute approximate surface area is 121 Å². The minimum Gasteiger partial charge on any atom is -0.493 e. The van der Waals surface area contributed by atoms with Gasteiger partial charge in [-0.1, -0.05) is 46.3 Å². The van der Waals surface area contributed by atoms with Crippen LogP contribution in [0, 0.1) is 5.92 Å². The lowest BCUT2D eigenvalue weighted by Gasteiger charge is -2.30. The second-order valence-corrected chi connectivity index (χ2v) is 5.80. The second kappa shape index (κ2) is 5.35. The molecule has 1 aliphatic heterocycles. The molecule has 0 fully saturated rings. The van der Waals surface area contributed by atoms with Gasteiger partial charge in [0, 0.05) is 16.0 Å². The van der Waals surface area contributed by atoms with E-state index in [1.54, 1.807) is 0 Å². The van der Waals surface area contributed by atoms with Crippen molar-refractivity contribution >= 4 is 15.9 Å². The Morgan fingerprint density at radius 2 is 1.95 bits per heavy atom. The molecule has 19 heavy (non-hydrogen) atoms. The molecular weight excluding hydrogens is 304 g/mol. The molecule has 2 atom stereocenters. The highest BCUT2D eigenvalue weighted by Gasteiger charge is 2.29. The van der Waals surface area contributed by atoms with Gasteiger partial charge >= 0.3 is 0 Å². The smallest absolute Gasteiger partial charge is 0.125 e. The Bertz CT molecular complexity index is 568. The fourth-order valence-corrected chi connectivity index (χ4v) is 2.89. The van der Waals surface area contributed by atoms with E-state index >= 15 is 0 Å². The monoisotopic (exact) mass is 318 g/mol. The summed E-state index contributed by atoms with van der Waals surface area (Å²) in [6.07, 6.45) is 0.356. The van der Waals surface area contributed by atoms with Gasteiger partial charge in [-0.25, -0.2) is 0 Å². The lowest BCUT2D eigenvalue weighted by molar-refractivity contribution is 0.0507. The van der Waals surface area contributed by atoms with Gasteiger partial charge in [0.05, 0.1) is 12.7 Å². The number of benzene rings is 2. The van der Waals surface area contributed by atoms with E-state index in [4.69, 9.17) is 4.74 Å². The molecule has 1 N–H and O–H groups in total. The van der Waals surface area contributed by atoms with E-state index in [0.717, 1.165) is 22.2 Å². The quantitative estimate of drug-likeness (QED) is 0.914. The number of ether oxygens (including phenoxy) is 1. The first kappa shape index (κ1) is 12.7. The highest BCUT2D eigenvalue weighted by atomic mass is 79.9. The summed E-state index contributed by atoms with van der Waals surface area (Å²) in [5.41, 5.74) is 2.11. The van der Waals surface area contributed by atoms with Gasteiger partial charge in [0.2, 0.25) is 0 Å². The Balaban J connectivity index is 1.83. The summed E-state index contributed by atoms with van der Waals surface area (Å²) in [6.45, 7) is 0.560. The number of fused-ring (bicyclic) bond motifs is 1. The lowest BCUT2D eigenvalue weighted by atomic mass is 9.88. The molecule has 3 rings (SSSR count). The van der Waals surface area contributed by atoms with Crippen molar-refractivity contribution in [3.63, 3.8) is 0 Å². The summed E-state index contributed by atoms with van der Waals surface area (Å²) < 4.78 is 6.72. The van der Waals surface area contributed by atoms with Crippen molar-refractivity contribution in [2.24, 2.45) is 5.92 Å². The van der Waals surface area contributed by atoms with Gasteiger partial charge in [-0.3, -0.25) is 0 Å². The molecule has 98 valence electrons. The van der Waals surface area contributed by atoms with E-state index in [2.05, 4.69) is 28.1 Å². The van der Waals surface area contributed by atoms with Gasteiger partial charge in [0.15, 0.2) is 0 Å². The molecule has 2 nitrogen and oxygen atoms in total.